The van der Waals surface area contributed by atoms with Gasteiger partial charge in [0.1, 0.15) is 0 Å². The minimum absolute atomic E-state index is 0.821. The summed E-state index contributed by atoms with van der Waals surface area (Å²) in [5.74, 6) is 3.51. The van der Waals surface area contributed by atoms with Gasteiger partial charge in [-0.1, -0.05) is 13.8 Å². The van der Waals surface area contributed by atoms with Crippen LogP contribution in [0.3, 0.4) is 0 Å². The Morgan fingerprint density at radius 2 is 2.20 bits per heavy atom. The van der Waals surface area contributed by atoms with Crippen molar-refractivity contribution >= 4 is 11.8 Å². The fraction of sp³-hybridized carbons (Fsp3) is 1.00. The van der Waals surface area contributed by atoms with Crippen LogP contribution in [0.25, 0.3) is 0 Å². The zero-order valence-corrected chi connectivity index (χ0v) is 11.3. The molecular formula is C12H26N2S. The van der Waals surface area contributed by atoms with Gasteiger partial charge in [0.05, 0.1) is 0 Å². The second-order valence-corrected chi connectivity index (χ2v) is 6.08. The summed E-state index contributed by atoms with van der Waals surface area (Å²) in [6, 6.07) is 0.835. The lowest BCUT2D eigenvalue weighted by Crippen LogP contribution is -2.37. The Bertz CT molecular complexity index is 156. The molecule has 90 valence electrons. The van der Waals surface area contributed by atoms with Crippen LogP contribution in [0.2, 0.25) is 0 Å². The number of thioether (sulfide) groups is 1. The predicted octanol–water partition coefficient (Wildman–Crippen LogP) is 2.06. The minimum atomic E-state index is 0.821. The highest BCUT2D eigenvalue weighted by Crippen LogP contribution is 2.20. The Labute approximate surface area is 99.2 Å². The van der Waals surface area contributed by atoms with Crippen LogP contribution in [0.4, 0.5) is 0 Å². The number of nitrogens with one attached hydrogen (secondary N) is 1. The molecule has 3 heteroatoms. The fourth-order valence-electron chi connectivity index (χ4n) is 1.82. The molecule has 1 atom stereocenters. The molecule has 0 amide bonds. The molecule has 1 aliphatic rings. The Kier molecular flexibility index (Phi) is 6.69. The first-order valence-electron chi connectivity index (χ1n) is 6.19. The van der Waals surface area contributed by atoms with Gasteiger partial charge in [0, 0.05) is 24.9 Å². The first kappa shape index (κ1) is 13.3. The van der Waals surface area contributed by atoms with Crippen molar-refractivity contribution in [1.29, 1.82) is 0 Å². The Morgan fingerprint density at radius 1 is 1.40 bits per heavy atom. The molecule has 1 saturated heterocycles. The Balaban J connectivity index is 1.94. The van der Waals surface area contributed by atoms with Crippen molar-refractivity contribution in [3.05, 3.63) is 0 Å². The van der Waals surface area contributed by atoms with Crippen molar-refractivity contribution < 1.29 is 0 Å². The molecule has 0 aliphatic carbocycles. The molecule has 1 aliphatic heterocycles. The van der Waals surface area contributed by atoms with Gasteiger partial charge in [-0.25, -0.2) is 0 Å². The van der Waals surface area contributed by atoms with Crippen LogP contribution in [-0.4, -0.2) is 49.1 Å². The van der Waals surface area contributed by atoms with Crippen molar-refractivity contribution in [3.8, 4) is 0 Å². The van der Waals surface area contributed by atoms with Crippen LogP contribution in [0.5, 0.6) is 0 Å². The molecule has 0 bridgehead atoms. The molecule has 0 aromatic rings. The van der Waals surface area contributed by atoms with E-state index in [0.29, 0.717) is 0 Å². The van der Waals surface area contributed by atoms with Gasteiger partial charge in [-0.05, 0) is 38.1 Å². The highest BCUT2D eigenvalue weighted by atomic mass is 32.2. The van der Waals surface area contributed by atoms with Crippen molar-refractivity contribution in [2.75, 3.05) is 38.2 Å². The van der Waals surface area contributed by atoms with E-state index >= 15 is 0 Å². The van der Waals surface area contributed by atoms with Crippen LogP contribution in [0, 0.1) is 5.92 Å². The van der Waals surface area contributed by atoms with E-state index in [1.165, 1.54) is 37.4 Å². The standard InChI is InChI=1S/C12H26N2S/c1-11(2)4-6-13-7-8-14(3)12-5-9-15-10-12/h11-13H,4-10H2,1-3H3. The van der Waals surface area contributed by atoms with E-state index < -0.39 is 0 Å². The van der Waals surface area contributed by atoms with Gasteiger partial charge >= 0.3 is 0 Å². The fourth-order valence-corrected chi connectivity index (χ4v) is 3.12. The molecule has 1 heterocycles. The van der Waals surface area contributed by atoms with Crippen LogP contribution in [0.15, 0.2) is 0 Å². The molecule has 0 aromatic heterocycles. The van der Waals surface area contributed by atoms with Gasteiger partial charge in [0.15, 0.2) is 0 Å². The Morgan fingerprint density at radius 3 is 2.80 bits per heavy atom. The number of likely N-dealkylation sites (N-methyl/N-ethyl adjacent to an activating group) is 1. The topological polar surface area (TPSA) is 15.3 Å². The average Bonchev–Trinajstić information content (AvgIpc) is 2.69. The second-order valence-electron chi connectivity index (χ2n) is 4.93. The van der Waals surface area contributed by atoms with Gasteiger partial charge in [-0.15, -0.1) is 0 Å². The van der Waals surface area contributed by atoms with Crippen molar-refractivity contribution in [3.63, 3.8) is 0 Å². The maximum atomic E-state index is 3.52. The molecule has 2 nitrogen and oxygen atoms in total. The van der Waals surface area contributed by atoms with Crippen molar-refractivity contribution in [1.82, 2.24) is 10.2 Å². The van der Waals surface area contributed by atoms with Crippen LogP contribution < -0.4 is 5.32 Å². The highest BCUT2D eigenvalue weighted by Gasteiger charge is 2.18. The number of rotatable bonds is 7. The normalized spacial score (nSPS) is 21.8. The molecule has 1 rings (SSSR count). The molecule has 0 saturated carbocycles. The first-order valence-corrected chi connectivity index (χ1v) is 7.34. The lowest BCUT2D eigenvalue weighted by molar-refractivity contribution is 0.262. The van der Waals surface area contributed by atoms with Crippen LogP contribution >= 0.6 is 11.8 Å². The molecule has 15 heavy (non-hydrogen) atoms. The van der Waals surface area contributed by atoms with E-state index in [1.54, 1.807) is 0 Å². The van der Waals surface area contributed by atoms with E-state index in [-0.39, 0.29) is 0 Å². The summed E-state index contributed by atoms with van der Waals surface area (Å²) in [6.07, 6.45) is 2.68. The van der Waals surface area contributed by atoms with E-state index in [0.717, 1.165) is 18.5 Å². The van der Waals surface area contributed by atoms with Gasteiger partial charge in [0.25, 0.3) is 0 Å². The number of nitrogens with zero attached hydrogens (tertiary/aromatic N) is 1. The Hall–Kier alpha value is 0.270. The summed E-state index contributed by atoms with van der Waals surface area (Å²) in [5, 5.41) is 3.52. The smallest absolute Gasteiger partial charge is 0.0191 e. The van der Waals surface area contributed by atoms with Crippen molar-refractivity contribution in [2.24, 2.45) is 5.92 Å². The second kappa shape index (κ2) is 7.53. The molecule has 1 N–H and O–H groups in total. The van der Waals surface area contributed by atoms with Gasteiger partial charge < -0.3 is 10.2 Å². The van der Waals surface area contributed by atoms with Crippen LogP contribution in [0.1, 0.15) is 26.7 Å². The van der Waals surface area contributed by atoms with E-state index in [9.17, 15) is 0 Å². The molecule has 1 fully saturated rings. The highest BCUT2D eigenvalue weighted by molar-refractivity contribution is 7.99. The molecule has 0 radical (unpaired) electrons. The monoisotopic (exact) mass is 230 g/mol. The lowest BCUT2D eigenvalue weighted by atomic mass is 10.1. The zero-order valence-electron chi connectivity index (χ0n) is 10.5. The third-order valence-electron chi connectivity index (χ3n) is 3.07. The molecule has 0 spiro atoms. The van der Waals surface area contributed by atoms with E-state index in [4.69, 9.17) is 0 Å². The maximum absolute atomic E-state index is 3.52. The van der Waals surface area contributed by atoms with Crippen LogP contribution in [-0.2, 0) is 0 Å². The minimum Gasteiger partial charge on any atom is -0.315 e. The van der Waals surface area contributed by atoms with Crippen molar-refractivity contribution in [2.45, 2.75) is 32.7 Å². The maximum Gasteiger partial charge on any atom is 0.0191 e. The third-order valence-corrected chi connectivity index (χ3v) is 4.21. The first-order chi connectivity index (χ1) is 7.20. The summed E-state index contributed by atoms with van der Waals surface area (Å²) in [5.41, 5.74) is 0. The quantitative estimate of drug-likeness (QED) is 0.674. The summed E-state index contributed by atoms with van der Waals surface area (Å²) in [4.78, 5) is 2.52. The molecule has 0 aromatic carbocycles. The number of hydrogen-bond acceptors (Lipinski definition) is 3. The number of hydrogen-bond donors (Lipinski definition) is 1. The zero-order chi connectivity index (χ0) is 11.1. The summed E-state index contributed by atoms with van der Waals surface area (Å²) in [6.45, 7) is 8.08. The predicted molar refractivity (Wildman–Crippen MR) is 70.7 cm³/mol. The summed E-state index contributed by atoms with van der Waals surface area (Å²) in [7, 11) is 2.26. The van der Waals surface area contributed by atoms with E-state index in [1.807, 2.05) is 0 Å². The summed E-state index contributed by atoms with van der Waals surface area (Å²) >= 11 is 2.10. The molecule has 1 unspecified atom stereocenters. The lowest BCUT2D eigenvalue weighted by Gasteiger charge is -2.23. The van der Waals surface area contributed by atoms with E-state index in [2.05, 4.69) is 42.9 Å². The third kappa shape index (κ3) is 5.79. The molecular weight excluding hydrogens is 204 g/mol. The van der Waals surface area contributed by atoms with Gasteiger partial charge in [-0.3, -0.25) is 0 Å². The SMILES string of the molecule is CC(C)CCNCCN(C)C1CCSC1. The van der Waals surface area contributed by atoms with Gasteiger partial charge in [0.2, 0.25) is 0 Å². The van der Waals surface area contributed by atoms with Gasteiger partial charge in [-0.2, -0.15) is 11.8 Å². The largest absolute Gasteiger partial charge is 0.315 e. The average molecular weight is 230 g/mol. The summed E-state index contributed by atoms with van der Waals surface area (Å²) < 4.78 is 0.